The molecule has 1 rings (SSSR count). The second-order valence-corrected chi connectivity index (χ2v) is 3.91. The van der Waals surface area contributed by atoms with Crippen molar-refractivity contribution in [2.75, 3.05) is 5.33 Å². The molecule has 2 atom stereocenters. The minimum absolute atomic E-state index is 0.277. The highest BCUT2D eigenvalue weighted by Crippen LogP contribution is 2.18. The molecule has 0 fully saturated rings. The van der Waals surface area contributed by atoms with Crippen LogP contribution in [-0.4, -0.2) is 27.6 Å². The highest BCUT2D eigenvalue weighted by atomic mass is 79.9. The van der Waals surface area contributed by atoms with Gasteiger partial charge in [0.25, 0.3) is 5.91 Å². The number of hydrogen-bond donors (Lipinski definition) is 4. The highest BCUT2D eigenvalue weighted by Gasteiger charge is 2.17. The van der Waals surface area contributed by atoms with Gasteiger partial charge >= 0.3 is 0 Å². The second kappa shape index (κ2) is 5.95. The SMILES string of the molecule is NNC(=O)c1ccc(C(O)C(O)CBr)cc1. The van der Waals surface area contributed by atoms with Gasteiger partial charge in [0, 0.05) is 10.9 Å². The van der Waals surface area contributed by atoms with Crippen LogP contribution < -0.4 is 11.3 Å². The van der Waals surface area contributed by atoms with Gasteiger partial charge in [-0.2, -0.15) is 0 Å². The number of benzene rings is 1. The lowest BCUT2D eigenvalue weighted by atomic mass is 10.0. The van der Waals surface area contributed by atoms with E-state index in [1.54, 1.807) is 12.1 Å². The Morgan fingerprint density at radius 1 is 1.38 bits per heavy atom. The number of alkyl halides is 1. The maximum Gasteiger partial charge on any atom is 0.265 e. The van der Waals surface area contributed by atoms with E-state index in [4.69, 9.17) is 5.84 Å². The molecule has 16 heavy (non-hydrogen) atoms. The zero-order valence-corrected chi connectivity index (χ0v) is 10.0. The van der Waals surface area contributed by atoms with Gasteiger partial charge in [-0.1, -0.05) is 28.1 Å². The summed E-state index contributed by atoms with van der Waals surface area (Å²) in [5.74, 6) is 4.58. The zero-order chi connectivity index (χ0) is 12.1. The summed E-state index contributed by atoms with van der Waals surface area (Å²) < 4.78 is 0. The molecule has 0 aromatic heterocycles. The number of rotatable bonds is 4. The van der Waals surface area contributed by atoms with Crippen LogP contribution in [0, 0.1) is 0 Å². The van der Waals surface area contributed by atoms with Crippen LogP contribution in [0.5, 0.6) is 0 Å². The predicted octanol–water partition coefficient (Wildman–Crippen LogP) is 0.0793. The smallest absolute Gasteiger partial charge is 0.265 e. The monoisotopic (exact) mass is 288 g/mol. The molecular weight excluding hydrogens is 276 g/mol. The van der Waals surface area contributed by atoms with Crippen molar-refractivity contribution in [3.63, 3.8) is 0 Å². The summed E-state index contributed by atoms with van der Waals surface area (Å²) in [7, 11) is 0. The van der Waals surface area contributed by atoms with Crippen molar-refractivity contribution in [3.05, 3.63) is 35.4 Å². The largest absolute Gasteiger partial charge is 0.389 e. The molecule has 5 N–H and O–H groups in total. The molecule has 1 aromatic carbocycles. The zero-order valence-electron chi connectivity index (χ0n) is 8.43. The number of amides is 1. The molecule has 1 aromatic rings. The molecule has 2 unspecified atom stereocenters. The van der Waals surface area contributed by atoms with E-state index in [-0.39, 0.29) is 5.33 Å². The van der Waals surface area contributed by atoms with E-state index in [2.05, 4.69) is 15.9 Å². The maximum absolute atomic E-state index is 11.1. The Labute approximate surface area is 101 Å². The van der Waals surface area contributed by atoms with Crippen LogP contribution in [0.25, 0.3) is 0 Å². The van der Waals surface area contributed by atoms with Crippen LogP contribution in [0.1, 0.15) is 22.0 Å². The first-order valence-electron chi connectivity index (χ1n) is 4.63. The lowest BCUT2D eigenvalue weighted by Gasteiger charge is -2.15. The number of carbonyl (C=O) groups excluding carboxylic acids is 1. The third-order valence-corrected chi connectivity index (χ3v) is 2.83. The Kier molecular flexibility index (Phi) is 4.88. The number of carbonyl (C=O) groups is 1. The predicted molar refractivity (Wildman–Crippen MR) is 62.9 cm³/mol. The summed E-state index contributed by atoms with van der Waals surface area (Å²) in [6.07, 6.45) is -1.86. The van der Waals surface area contributed by atoms with E-state index in [1.165, 1.54) is 12.1 Å². The first kappa shape index (κ1) is 13.1. The Hall–Kier alpha value is -0.950. The van der Waals surface area contributed by atoms with E-state index >= 15 is 0 Å². The highest BCUT2D eigenvalue weighted by molar-refractivity contribution is 9.09. The number of hydrogen-bond acceptors (Lipinski definition) is 4. The number of halogens is 1. The summed E-state index contributed by atoms with van der Waals surface area (Å²) in [4.78, 5) is 11.1. The van der Waals surface area contributed by atoms with Crippen LogP contribution >= 0.6 is 15.9 Å². The molecule has 5 nitrogen and oxygen atoms in total. The Balaban J connectivity index is 2.82. The lowest BCUT2D eigenvalue weighted by Crippen LogP contribution is -2.30. The number of hydrazine groups is 1. The van der Waals surface area contributed by atoms with Crippen LogP contribution in [0.15, 0.2) is 24.3 Å². The molecule has 88 valence electrons. The minimum Gasteiger partial charge on any atom is -0.389 e. The molecule has 1 amide bonds. The van der Waals surface area contributed by atoms with Gasteiger partial charge in [0.1, 0.15) is 6.10 Å². The molecule has 0 radical (unpaired) electrons. The van der Waals surface area contributed by atoms with Crippen LogP contribution in [0.3, 0.4) is 0 Å². The summed E-state index contributed by atoms with van der Waals surface area (Å²) in [5.41, 5.74) is 2.94. The molecular formula is C10H13BrN2O3. The van der Waals surface area contributed by atoms with Crippen molar-refractivity contribution >= 4 is 21.8 Å². The van der Waals surface area contributed by atoms with Crippen molar-refractivity contribution in [2.24, 2.45) is 5.84 Å². The van der Waals surface area contributed by atoms with Gasteiger partial charge in [-0.05, 0) is 17.7 Å². The minimum atomic E-state index is -0.977. The first-order valence-corrected chi connectivity index (χ1v) is 5.75. The van der Waals surface area contributed by atoms with Gasteiger partial charge < -0.3 is 10.2 Å². The molecule has 0 aliphatic heterocycles. The summed E-state index contributed by atoms with van der Waals surface area (Å²) in [6.45, 7) is 0. The van der Waals surface area contributed by atoms with Crippen molar-refractivity contribution in [2.45, 2.75) is 12.2 Å². The van der Waals surface area contributed by atoms with Crippen molar-refractivity contribution in [1.29, 1.82) is 0 Å². The second-order valence-electron chi connectivity index (χ2n) is 3.26. The normalized spacial score (nSPS) is 14.2. The van der Waals surface area contributed by atoms with E-state index in [1.807, 2.05) is 5.43 Å². The molecule has 0 heterocycles. The molecule has 0 bridgehead atoms. The Morgan fingerprint density at radius 3 is 2.38 bits per heavy atom. The fraction of sp³-hybridized carbons (Fsp3) is 0.300. The topological polar surface area (TPSA) is 95.6 Å². The molecule has 0 saturated heterocycles. The number of aliphatic hydroxyl groups is 2. The van der Waals surface area contributed by atoms with Gasteiger partial charge in [0.05, 0.1) is 6.10 Å². The van der Waals surface area contributed by atoms with Crippen molar-refractivity contribution < 1.29 is 15.0 Å². The standard InChI is InChI=1S/C10H13BrN2O3/c11-5-8(14)9(15)6-1-3-7(4-2-6)10(16)13-12/h1-4,8-9,14-15H,5,12H2,(H,13,16). The maximum atomic E-state index is 11.1. The third kappa shape index (κ3) is 3.02. The number of nitrogens with one attached hydrogen (secondary N) is 1. The average Bonchev–Trinajstić information content (AvgIpc) is 2.36. The average molecular weight is 289 g/mol. The van der Waals surface area contributed by atoms with E-state index < -0.39 is 18.1 Å². The van der Waals surface area contributed by atoms with Gasteiger partial charge in [-0.3, -0.25) is 10.2 Å². The van der Waals surface area contributed by atoms with Gasteiger partial charge in [0.2, 0.25) is 0 Å². The lowest BCUT2D eigenvalue weighted by molar-refractivity contribution is 0.0342. The van der Waals surface area contributed by atoms with Crippen LogP contribution in [-0.2, 0) is 0 Å². The Bertz CT molecular complexity index is 356. The quantitative estimate of drug-likeness (QED) is 0.273. The van der Waals surface area contributed by atoms with E-state index in [0.29, 0.717) is 11.1 Å². The van der Waals surface area contributed by atoms with Crippen molar-refractivity contribution in [1.82, 2.24) is 5.43 Å². The molecule has 0 aliphatic rings. The molecule has 0 aliphatic carbocycles. The van der Waals surface area contributed by atoms with Gasteiger partial charge in [0.15, 0.2) is 0 Å². The van der Waals surface area contributed by atoms with Crippen molar-refractivity contribution in [3.8, 4) is 0 Å². The number of aliphatic hydroxyl groups excluding tert-OH is 2. The summed E-state index contributed by atoms with van der Waals surface area (Å²) >= 11 is 3.07. The number of nitrogen functional groups attached to an aromatic ring is 1. The fourth-order valence-electron chi connectivity index (χ4n) is 1.22. The first-order chi connectivity index (χ1) is 7.60. The molecule has 6 heteroatoms. The van der Waals surface area contributed by atoms with E-state index in [9.17, 15) is 15.0 Å². The molecule has 0 saturated carbocycles. The van der Waals surface area contributed by atoms with Crippen LogP contribution in [0.4, 0.5) is 0 Å². The fourth-order valence-corrected chi connectivity index (χ4v) is 1.58. The third-order valence-electron chi connectivity index (χ3n) is 2.17. The number of nitrogens with two attached hydrogens (primary N) is 1. The summed E-state index contributed by atoms with van der Waals surface area (Å²) in [5, 5.41) is 19.4. The van der Waals surface area contributed by atoms with Crippen LogP contribution in [0.2, 0.25) is 0 Å². The Morgan fingerprint density at radius 2 is 1.94 bits per heavy atom. The van der Waals surface area contributed by atoms with Gasteiger partial charge in [-0.25, -0.2) is 5.84 Å². The van der Waals surface area contributed by atoms with Gasteiger partial charge in [-0.15, -0.1) is 0 Å². The summed E-state index contributed by atoms with van der Waals surface area (Å²) in [6, 6.07) is 6.20. The van der Waals surface area contributed by atoms with E-state index in [0.717, 1.165) is 0 Å². The molecule has 0 spiro atoms.